The number of hydrogen-bond acceptors (Lipinski definition) is 8. The topological polar surface area (TPSA) is 137 Å². The summed E-state index contributed by atoms with van der Waals surface area (Å²) in [7, 11) is 3.12. The minimum Gasteiger partial charge on any atom is -0.385 e. The van der Waals surface area contributed by atoms with E-state index in [4.69, 9.17) is 27.1 Å². The molecule has 1 unspecified atom stereocenters. The second kappa shape index (κ2) is 9.90. The normalized spacial score (nSPS) is 12.7. The molecule has 4 rings (SSSR count). The lowest BCUT2D eigenvalue weighted by Crippen LogP contribution is -2.40. The third kappa shape index (κ3) is 4.29. The Balaban J connectivity index is 2.12. The van der Waals surface area contributed by atoms with Crippen molar-refractivity contribution in [2.24, 2.45) is 12.2 Å². The molecular weight excluding hydrogens is 488 g/mol. The molecule has 1 aromatic carbocycles. The molecule has 3 heterocycles. The summed E-state index contributed by atoms with van der Waals surface area (Å²) in [6.45, 7) is 1.82. The molecule has 0 bridgehead atoms. The van der Waals surface area contributed by atoms with Gasteiger partial charge in [-0.05, 0) is 61.3 Å². The number of pyridine rings is 1. The number of benzene rings is 1. The molecule has 0 saturated heterocycles. The van der Waals surface area contributed by atoms with Crippen LogP contribution in [-0.4, -0.2) is 36.9 Å². The highest BCUT2D eigenvalue weighted by Crippen LogP contribution is 2.26. The van der Waals surface area contributed by atoms with Gasteiger partial charge in [0.2, 0.25) is 0 Å². The summed E-state index contributed by atoms with van der Waals surface area (Å²) < 4.78 is 4.16. The summed E-state index contributed by atoms with van der Waals surface area (Å²) in [5.41, 5.74) is 1.09. The number of nitrogens with two attached hydrogens (primary N) is 1. The van der Waals surface area contributed by atoms with Crippen LogP contribution in [0.4, 0.5) is 0 Å². The standard InChI is InChI=1S/C23H23ClN8O2S/c1-13(17-9-8-16(35-26)12-28-17)31-21-19(22(33)30(3)23(31)34)32(15-6-4-14(24)5-7-15)20(29-21)18(27-2)10-11-25/h4-13,25,27H,26H2,1-3H3/b18-10-,25-11?. The lowest BCUT2D eigenvalue weighted by Gasteiger charge is -2.17. The van der Waals surface area contributed by atoms with E-state index in [1.54, 1.807) is 48.1 Å². The number of rotatable bonds is 7. The molecule has 4 aromatic rings. The van der Waals surface area contributed by atoms with Crippen LogP contribution in [0.15, 0.2) is 63.2 Å². The molecule has 0 aliphatic carbocycles. The molecule has 180 valence electrons. The van der Waals surface area contributed by atoms with Crippen molar-refractivity contribution in [3.05, 3.63) is 86.1 Å². The van der Waals surface area contributed by atoms with Gasteiger partial charge in [0, 0.05) is 42.1 Å². The first-order valence-corrected chi connectivity index (χ1v) is 11.8. The number of nitrogens with one attached hydrogen (secondary N) is 2. The average Bonchev–Trinajstić information content (AvgIpc) is 3.26. The van der Waals surface area contributed by atoms with E-state index >= 15 is 0 Å². The highest BCUT2D eigenvalue weighted by molar-refractivity contribution is 7.97. The minimum absolute atomic E-state index is 0.195. The van der Waals surface area contributed by atoms with Gasteiger partial charge in [-0.2, -0.15) is 0 Å². The fraction of sp³-hybridized carbons (Fsp3) is 0.174. The summed E-state index contributed by atoms with van der Waals surface area (Å²) in [6, 6.07) is 9.98. The van der Waals surface area contributed by atoms with Crippen LogP contribution in [0.2, 0.25) is 5.02 Å². The van der Waals surface area contributed by atoms with Gasteiger partial charge in [-0.25, -0.2) is 9.78 Å². The summed E-state index contributed by atoms with van der Waals surface area (Å²) in [5.74, 6) is 0.361. The molecule has 0 saturated carbocycles. The van der Waals surface area contributed by atoms with Crippen LogP contribution >= 0.6 is 23.5 Å². The fourth-order valence-corrected chi connectivity index (χ4v) is 4.22. The molecule has 0 spiro atoms. The maximum absolute atomic E-state index is 13.4. The Morgan fingerprint density at radius 1 is 1.23 bits per heavy atom. The van der Waals surface area contributed by atoms with Crippen molar-refractivity contribution in [2.75, 3.05) is 7.05 Å². The first-order valence-electron chi connectivity index (χ1n) is 10.5. The zero-order chi connectivity index (χ0) is 25.3. The SMILES string of the molecule is CN/C(=C\C=N)c1nc2c(c(=O)n(C)c(=O)n2C(C)c2ccc(SN)cn2)n1-c1ccc(Cl)cc1. The van der Waals surface area contributed by atoms with Gasteiger partial charge in [0.25, 0.3) is 5.56 Å². The van der Waals surface area contributed by atoms with Crippen LogP contribution in [0.25, 0.3) is 22.5 Å². The molecule has 3 aromatic heterocycles. The Bertz CT molecular complexity index is 1550. The quantitative estimate of drug-likeness (QED) is 0.257. The van der Waals surface area contributed by atoms with Crippen molar-refractivity contribution < 1.29 is 0 Å². The number of aromatic nitrogens is 5. The van der Waals surface area contributed by atoms with Crippen LogP contribution in [0.3, 0.4) is 0 Å². The van der Waals surface area contributed by atoms with Crippen molar-refractivity contribution in [2.45, 2.75) is 17.9 Å². The summed E-state index contributed by atoms with van der Waals surface area (Å²) in [6.07, 6.45) is 4.27. The Hall–Kier alpha value is -3.67. The highest BCUT2D eigenvalue weighted by atomic mass is 35.5. The molecule has 10 nitrogen and oxygen atoms in total. The van der Waals surface area contributed by atoms with Crippen LogP contribution in [0.1, 0.15) is 24.5 Å². The van der Waals surface area contributed by atoms with Crippen molar-refractivity contribution in [1.82, 2.24) is 29.0 Å². The summed E-state index contributed by atoms with van der Waals surface area (Å²) >= 11 is 7.17. The first-order chi connectivity index (χ1) is 16.8. The van der Waals surface area contributed by atoms with E-state index in [0.29, 0.717) is 27.9 Å². The van der Waals surface area contributed by atoms with Crippen LogP contribution < -0.4 is 21.7 Å². The molecule has 12 heteroatoms. The van der Waals surface area contributed by atoms with Crippen molar-refractivity contribution in [1.29, 1.82) is 5.41 Å². The Morgan fingerprint density at radius 2 is 1.94 bits per heavy atom. The third-order valence-electron chi connectivity index (χ3n) is 5.64. The van der Waals surface area contributed by atoms with E-state index < -0.39 is 17.3 Å². The van der Waals surface area contributed by atoms with Gasteiger partial charge in [-0.15, -0.1) is 0 Å². The predicted octanol–water partition coefficient (Wildman–Crippen LogP) is 2.72. The average molecular weight is 511 g/mol. The zero-order valence-electron chi connectivity index (χ0n) is 19.2. The molecule has 1 atom stereocenters. The monoisotopic (exact) mass is 510 g/mol. The molecule has 0 fully saturated rings. The lowest BCUT2D eigenvalue weighted by atomic mass is 10.2. The Kier molecular flexibility index (Phi) is 6.92. The molecule has 0 aliphatic rings. The van der Waals surface area contributed by atoms with Crippen LogP contribution in [0.5, 0.6) is 0 Å². The second-order valence-corrected chi connectivity index (χ2v) is 8.79. The third-order valence-corrected chi connectivity index (χ3v) is 6.41. The van der Waals surface area contributed by atoms with E-state index in [1.165, 1.54) is 17.7 Å². The van der Waals surface area contributed by atoms with Gasteiger partial charge in [-0.1, -0.05) is 11.6 Å². The van der Waals surface area contributed by atoms with Crippen molar-refractivity contribution >= 4 is 46.6 Å². The van der Waals surface area contributed by atoms with Crippen molar-refractivity contribution in [3.8, 4) is 5.69 Å². The zero-order valence-corrected chi connectivity index (χ0v) is 20.8. The van der Waals surface area contributed by atoms with Crippen LogP contribution in [0, 0.1) is 5.41 Å². The van der Waals surface area contributed by atoms with Gasteiger partial charge in [0.1, 0.15) is 0 Å². The molecule has 0 aliphatic heterocycles. The van der Waals surface area contributed by atoms with Gasteiger partial charge >= 0.3 is 5.69 Å². The maximum Gasteiger partial charge on any atom is 0.333 e. The van der Waals surface area contributed by atoms with E-state index in [0.717, 1.165) is 27.6 Å². The Morgan fingerprint density at radius 3 is 2.51 bits per heavy atom. The molecule has 0 amide bonds. The number of fused-ring (bicyclic) bond motifs is 1. The molecular formula is C23H23ClN8O2S. The molecule has 4 N–H and O–H groups in total. The highest BCUT2D eigenvalue weighted by Gasteiger charge is 2.26. The van der Waals surface area contributed by atoms with E-state index in [2.05, 4.69) is 10.3 Å². The number of halogens is 1. The maximum atomic E-state index is 13.4. The number of nitrogens with zero attached hydrogens (tertiary/aromatic N) is 5. The summed E-state index contributed by atoms with van der Waals surface area (Å²) in [5, 5.41) is 16.7. The van der Waals surface area contributed by atoms with E-state index in [-0.39, 0.29) is 11.2 Å². The van der Waals surface area contributed by atoms with Gasteiger partial charge in [-0.3, -0.25) is 28.6 Å². The predicted molar refractivity (Wildman–Crippen MR) is 139 cm³/mol. The largest absolute Gasteiger partial charge is 0.385 e. The Labute approximate surface area is 209 Å². The minimum atomic E-state index is -0.542. The second-order valence-electron chi connectivity index (χ2n) is 7.65. The smallest absolute Gasteiger partial charge is 0.333 e. The van der Waals surface area contributed by atoms with Gasteiger partial charge < -0.3 is 10.7 Å². The molecule has 35 heavy (non-hydrogen) atoms. The van der Waals surface area contributed by atoms with Gasteiger partial charge in [0.05, 0.1) is 17.4 Å². The first kappa shape index (κ1) is 24.5. The summed E-state index contributed by atoms with van der Waals surface area (Å²) in [4.78, 5) is 36.8. The lowest BCUT2D eigenvalue weighted by molar-refractivity contribution is 0.567. The fourth-order valence-electron chi connectivity index (χ4n) is 3.83. The van der Waals surface area contributed by atoms with Crippen LogP contribution in [-0.2, 0) is 7.05 Å². The number of imidazole rings is 1. The van der Waals surface area contributed by atoms with Crippen molar-refractivity contribution in [3.63, 3.8) is 0 Å². The number of allylic oxidation sites excluding steroid dienone is 1. The number of hydrogen-bond donors (Lipinski definition) is 3. The van der Waals surface area contributed by atoms with Gasteiger partial charge in [0.15, 0.2) is 17.0 Å². The van der Waals surface area contributed by atoms with E-state index in [9.17, 15) is 9.59 Å². The van der Waals surface area contributed by atoms with E-state index in [1.807, 2.05) is 13.0 Å². The molecule has 0 radical (unpaired) electrons.